The maximum atomic E-state index is 13.1. The predicted octanol–water partition coefficient (Wildman–Crippen LogP) is 4.49. The van der Waals surface area contributed by atoms with Gasteiger partial charge in [-0.25, -0.2) is 13.9 Å². The first-order valence-corrected chi connectivity index (χ1v) is 8.11. The Bertz CT molecular complexity index is 855. The van der Waals surface area contributed by atoms with Crippen LogP contribution in [0.25, 0.3) is 5.69 Å². The van der Waals surface area contributed by atoms with Crippen molar-refractivity contribution in [1.82, 2.24) is 9.78 Å². The highest BCUT2D eigenvalue weighted by molar-refractivity contribution is 5.89. The summed E-state index contributed by atoms with van der Waals surface area (Å²) in [5.74, 6) is -0.677. The third kappa shape index (κ3) is 3.94. The van der Waals surface area contributed by atoms with E-state index in [1.165, 1.54) is 12.1 Å². The van der Waals surface area contributed by atoms with Crippen LogP contribution >= 0.6 is 0 Å². The van der Waals surface area contributed by atoms with Crippen LogP contribution in [0.3, 0.4) is 0 Å². The largest absolute Gasteiger partial charge is 0.456 e. The molecule has 4 nitrogen and oxygen atoms in total. The van der Waals surface area contributed by atoms with Crippen LogP contribution in [0, 0.1) is 5.82 Å². The number of rotatable bonds is 5. The molecule has 0 atom stereocenters. The second-order valence-electron chi connectivity index (χ2n) is 6.07. The number of aromatic nitrogens is 2. The Hall–Kier alpha value is -2.95. The van der Waals surface area contributed by atoms with Gasteiger partial charge in [-0.05, 0) is 35.7 Å². The van der Waals surface area contributed by atoms with Crippen molar-refractivity contribution in [2.75, 3.05) is 0 Å². The molecule has 0 spiro atoms. The fraction of sp³-hybridized carbons (Fsp3) is 0.200. The molecule has 2 aromatic carbocycles. The number of ether oxygens (including phenoxy) is 1. The van der Waals surface area contributed by atoms with E-state index in [2.05, 4.69) is 5.10 Å². The zero-order valence-electron chi connectivity index (χ0n) is 14.1. The van der Waals surface area contributed by atoms with E-state index in [1.807, 2.05) is 44.2 Å². The molecular weight excluding hydrogens is 319 g/mol. The number of hydrogen-bond acceptors (Lipinski definition) is 3. The second kappa shape index (κ2) is 7.30. The first-order valence-electron chi connectivity index (χ1n) is 8.11. The van der Waals surface area contributed by atoms with Crippen LogP contribution in [-0.4, -0.2) is 15.7 Å². The molecule has 0 aliphatic rings. The SMILES string of the molecule is CC(C)c1cn(-c2ccc(F)cc2)nc1C(=O)OCc1ccccc1. The smallest absolute Gasteiger partial charge is 0.359 e. The van der Waals surface area contributed by atoms with Crippen LogP contribution in [0.15, 0.2) is 60.8 Å². The molecule has 0 amide bonds. The quantitative estimate of drug-likeness (QED) is 0.644. The fourth-order valence-electron chi connectivity index (χ4n) is 2.49. The van der Waals surface area contributed by atoms with Gasteiger partial charge in [0.2, 0.25) is 0 Å². The Balaban J connectivity index is 1.84. The molecule has 0 fully saturated rings. The van der Waals surface area contributed by atoms with Crippen LogP contribution in [0.5, 0.6) is 0 Å². The molecule has 0 bridgehead atoms. The van der Waals surface area contributed by atoms with Gasteiger partial charge in [-0.15, -0.1) is 0 Å². The minimum atomic E-state index is -0.464. The molecule has 128 valence electrons. The summed E-state index contributed by atoms with van der Waals surface area (Å²) in [7, 11) is 0. The highest BCUT2D eigenvalue weighted by Crippen LogP contribution is 2.22. The molecule has 25 heavy (non-hydrogen) atoms. The number of carbonyl (C=O) groups excluding carboxylic acids is 1. The highest BCUT2D eigenvalue weighted by Gasteiger charge is 2.21. The zero-order valence-corrected chi connectivity index (χ0v) is 14.1. The molecule has 1 aromatic heterocycles. The van der Waals surface area contributed by atoms with E-state index < -0.39 is 5.97 Å². The molecule has 0 radical (unpaired) electrons. The maximum Gasteiger partial charge on any atom is 0.359 e. The monoisotopic (exact) mass is 338 g/mol. The van der Waals surface area contributed by atoms with Gasteiger partial charge in [0.05, 0.1) is 5.69 Å². The maximum absolute atomic E-state index is 13.1. The lowest BCUT2D eigenvalue weighted by molar-refractivity contribution is 0.0463. The molecule has 0 saturated heterocycles. The molecule has 0 saturated carbocycles. The Labute approximate surface area is 145 Å². The van der Waals surface area contributed by atoms with Gasteiger partial charge in [0.15, 0.2) is 5.69 Å². The minimum Gasteiger partial charge on any atom is -0.456 e. The van der Waals surface area contributed by atoms with E-state index in [9.17, 15) is 9.18 Å². The van der Waals surface area contributed by atoms with Crippen molar-refractivity contribution < 1.29 is 13.9 Å². The summed E-state index contributed by atoms with van der Waals surface area (Å²) in [5.41, 5.74) is 2.68. The van der Waals surface area contributed by atoms with E-state index in [0.29, 0.717) is 5.69 Å². The molecule has 3 rings (SSSR count). The summed E-state index contributed by atoms with van der Waals surface area (Å²) < 4.78 is 20.1. The average Bonchev–Trinajstić information content (AvgIpc) is 3.07. The van der Waals surface area contributed by atoms with Crippen molar-refractivity contribution in [3.63, 3.8) is 0 Å². The number of hydrogen-bond donors (Lipinski definition) is 0. The molecule has 0 aliphatic carbocycles. The normalized spacial score (nSPS) is 10.9. The van der Waals surface area contributed by atoms with Crippen molar-refractivity contribution in [3.8, 4) is 5.69 Å². The van der Waals surface area contributed by atoms with Gasteiger partial charge < -0.3 is 4.74 Å². The summed E-state index contributed by atoms with van der Waals surface area (Å²) in [4.78, 5) is 12.5. The van der Waals surface area contributed by atoms with Crippen molar-refractivity contribution >= 4 is 5.97 Å². The van der Waals surface area contributed by atoms with Crippen molar-refractivity contribution in [2.24, 2.45) is 0 Å². The third-order valence-corrected chi connectivity index (χ3v) is 3.86. The van der Waals surface area contributed by atoms with Crippen molar-refractivity contribution in [3.05, 3.63) is 83.4 Å². The van der Waals surface area contributed by atoms with Gasteiger partial charge >= 0.3 is 5.97 Å². The van der Waals surface area contributed by atoms with Gasteiger partial charge in [0.25, 0.3) is 0 Å². The Morgan fingerprint density at radius 1 is 1.12 bits per heavy atom. The van der Waals surface area contributed by atoms with Gasteiger partial charge in [-0.3, -0.25) is 0 Å². The van der Waals surface area contributed by atoms with Crippen LogP contribution in [0.2, 0.25) is 0 Å². The number of esters is 1. The van der Waals surface area contributed by atoms with Gasteiger partial charge in [0.1, 0.15) is 12.4 Å². The van der Waals surface area contributed by atoms with Gasteiger partial charge in [-0.1, -0.05) is 44.2 Å². The predicted molar refractivity (Wildman–Crippen MR) is 93.2 cm³/mol. The summed E-state index contributed by atoms with van der Waals surface area (Å²) in [6.45, 7) is 4.17. The summed E-state index contributed by atoms with van der Waals surface area (Å²) in [6, 6.07) is 15.4. The van der Waals surface area contributed by atoms with Crippen LogP contribution < -0.4 is 0 Å². The van der Waals surface area contributed by atoms with Crippen LogP contribution in [-0.2, 0) is 11.3 Å². The number of carbonyl (C=O) groups is 1. The van der Waals surface area contributed by atoms with E-state index in [1.54, 1.807) is 23.0 Å². The van der Waals surface area contributed by atoms with E-state index in [-0.39, 0.29) is 24.0 Å². The Morgan fingerprint density at radius 3 is 2.44 bits per heavy atom. The Morgan fingerprint density at radius 2 is 1.80 bits per heavy atom. The lowest BCUT2D eigenvalue weighted by Gasteiger charge is -2.06. The van der Waals surface area contributed by atoms with E-state index >= 15 is 0 Å². The first kappa shape index (κ1) is 16.9. The highest BCUT2D eigenvalue weighted by atomic mass is 19.1. The standard InChI is InChI=1S/C20H19FN2O2/c1-14(2)18-12-23(17-10-8-16(21)9-11-17)22-19(18)20(24)25-13-15-6-4-3-5-7-15/h3-12,14H,13H2,1-2H3. The number of nitrogens with zero attached hydrogens (tertiary/aromatic N) is 2. The summed E-state index contributed by atoms with van der Waals surface area (Å²) >= 11 is 0. The molecule has 5 heteroatoms. The van der Waals surface area contributed by atoms with E-state index in [4.69, 9.17) is 4.74 Å². The molecule has 3 aromatic rings. The summed E-state index contributed by atoms with van der Waals surface area (Å²) in [5, 5.41) is 4.36. The molecule has 1 heterocycles. The average molecular weight is 338 g/mol. The third-order valence-electron chi connectivity index (χ3n) is 3.86. The molecule has 0 unspecified atom stereocenters. The Kier molecular flexibility index (Phi) is 4.93. The van der Waals surface area contributed by atoms with Crippen molar-refractivity contribution in [2.45, 2.75) is 26.4 Å². The molecular formula is C20H19FN2O2. The second-order valence-corrected chi connectivity index (χ2v) is 6.07. The van der Waals surface area contributed by atoms with Crippen LogP contribution in [0.4, 0.5) is 4.39 Å². The minimum absolute atomic E-state index is 0.105. The zero-order chi connectivity index (χ0) is 17.8. The fourth-order valence-corrected chi connectivity index (χ4v) is 2.49. The molecule has 0 aliphatic heterocycles. The lowest BCUT2D eigenvalue weighted by Crippen LogP contribution is -2.09. The van der Waals surface area contributed by atoms with Crippen LogP contribution in [0.1, 0.15) is 41.4 Å². The first-order chi connectivity index (χ1) is 12.0. The van der Waals surface area contributed by atoms with Gasteiger partial charge in [0, 0.05) is 11.8 Å². The van der Waals surface area contributed by atoms with Gasteiger partial charge in [-0.2, -0.15) is 5.10 Å². The molecule has 0 N–H and O–H groups in total. The topological polar surface area (TPSA) is 44.1 Å². The summed E-state index contributed by atoms with van der Waals surface area (Å²) in [6.07, 6.45) is 1.79. The van der Waals surface area contributed by atoms with E-state index in [0.717, 1.165) is 11.1 Å². The lowest BCUT2D eigenvalue weighted by atomic mass is 10.0. The number of halogens is 1. The number of benzene rings is 2. The van der Waals surface area contributed by atoms with Crippen molar-refractivity contribution in [1.29, 1.82) is 0 Å².